The summed E-state index contributed by atoms with van der Waals surface area (Å²) in [5.74, 6) is 0.678. The van der Waals surface area contributed by atoms with E-state index in [9.17, 15) is 0 Å². The largest absolute Gasteiger partial charge is 0.389 e. The molecule has 0 saturated carbocycles. The lowest BCUT2D eigenvalue weighted by Crippen LogP contribution is -2.09. The molecule has 0 aliphatic rings. The van der Waals surface area contributed by atoms with Gasteiger partial charge in [-0.05, 0) is 40.2 Å². The number of nitrogens with zero attached hydrogens (tertiary/aromatic N) is 2. The highest BCUT2D eigenvalue weighted by Crippen LogP contribution is 2.26. The number of hydrogen-bond acceptors (Lipinski definition) is 4. The summed E-state index contributed by atoms with van der Waals surface area (Å²) < 4.78 is 0.945. The van der Waals surface area contributed by atoms with Gasteiger partial charge in [-0.3, -0.25) is 4.98 Å². The van der Waals surface area contributed by atoms with Gasteiger partial charge in [0.25, 0.3) is 0 Å². The monoisotopic (exact) mass is 358 g/mol. The van der Waals surface area contributed by atoms with Crippen LogP contribution < -0.4 is 11.1 Å². The highest BCUT2D eigenvalue weighted by atomic mass is 79.9. The SMILES string of the molecule is NC(=S)c1ccnc(Nc2cccc3cc(Br)cnc23)c1. The first-order valence-corrected chi connectivity index (χ1v) is 7.41. The molecule has 2 heterocycles. The highest BCUT2D eigenvalue weighted by molar-refractivity contribution is 9.10. The maximum absolute atomic E-state index is 5.64. The molecular weight excluding hydrogens is 348 g/mol. The Morgan fingerprint density at radius 1 is 1.19 bits per heavy atom. The van der Waals surface area contributed by atoms with Crippen LogP contribution in [0, 0.1) is 0 Å². The van der Waals surface area contributed by atoms with E-state index in [0.29, 0.717) is 10.8 Å². The molecule has 6 heteroatoms. The van der Waals surface area contributed by atoms with Crippen LogP contribution in [0.4, 0.5) is 11.5 Å². The number of para-hydroxylation sites is 1. The van der Waals surface area contributed by atoms with Crippen LogP contribution in [-0.4, -0.2) is 15.0 Å². The molecule has 104 valence electrons. The van der Waals surface area contributed by atoms with E-state index in [1.807, 2.05) is 30.3 Å². The molecule has 0 atom stereocenters. The van der Waals surface area contributed by atoms with Gasteiger partial charge >= 0.3 is 0 Å². The molecule has 0 radical (unpaired) electrons. The molecule has 0 unspecified atom stereocenters. The number of anilines is 2. The van der Waals surface area contributed by atoms with Gasteiger partial charge < -0.3 is 11.1 Å². The Balaban J connectivity index is 2.02. The third-order valence-electron chi connectivity index (χ3n) is 2.98. The van der Waals surface area contributed by atoms with E-state index in [0.717, 1.165) is 26.6 Å². The number of thiocarbonyl (C=S) groups is 1. The van der Waals surface area contributed by atoms with Crippen molar-refractivity contribution in [3.63, 3.8) is 0 Å². The van der Waals surface area contributed by atoms with Crippen molar-refractivity contribution in [1.82, 2.24) is 9.97 Å². The first kappa shape index (κ1) is 13.9. The lowest BCUT2D eigenvalue weighted by molar-refractivity contribution is 1.30. The molecule has 3 aromatic rings. The Kier molecular flexibility index (Phi) is 3.81. The maximum atomic E-state index is 5.64. The Bertz CT molecular complexity index is 835. The Hall–Kier alpha value is -2.05. The van der Waals surface area contributed by atoms with E-state index in [2.05, 4.69) is 31.2 Å². The second-order valence-electron chi connectivity index (χ2n) is 4.45. The average Bonchev–Trinajstić information content (AvgIpc) is 2.47. The Morgan fingerprint density at radius 3 is 2.86 bits per heavy atom. The minimum absolute atomic E-state index is 0.348. The molecule has 0 aliphatic heterocycles. The molecular formula is C15H11BrN4S. The maximum Gasteiger partial charge on any atom is 0.131 e. The topological polar surface area (TPSA) is 63.8 Å². The third-order valence-corrected chi connectivity index (χ3v) is 3.65. The van der Waals surface area contributed by atoms with Crippen LogP contribution in [0.25, 0.3) is 10.9 Å². The molecule has 0 amide bonds. The molecule has 3 rings (SSSR count). The first-order chi connectivity index (χ1) is 10.1. The summed E-state index contributed by atoms with van der Waals surface area (Å²) in [4.78, 5) is 9.07. The standard InChI is InChI=1S/C15H11BrN4S/c16-11-6-9-2-1-3-12(14(9)19-8-11)20-13-7-10(15(17)21)4-5-18-13/h1-8H,(H2,17,21)(H,18,20). The van der Waals surface area contributed by atoms with Crippen molar-refractivity contribution < 1.29 is 0 Å². The van der Waals surface area contributed by atoms with Gasteiger partial charge in [-0.15, -0.1) is 0 Å². The van der Waals surface area contributed by atoms with Gasteiger partial charge in [0.2, 0.25) is 0 Å². The van der Waals surface area contributed by atoms with Crippen LogP contribution >= 0.6 is 28.1 Å². The third kappa shape index (κ3) is 3.01. The fraction of sp³-hybridized carbons (Fsp3) is 0. The second-order valence-corrected chi connectivity index (χ2v) is 5.81. The number of nitrogens with one attached hydrogen (secondary N) is 1. The van der Waals surface area contributed by atoms with Crippen molar-refractivity contribution in [1.29, 1.82) is 0 Å². The minimum Gasteiger partial charge on any atom is -0.389 e. The first-order valence-electron chi connectivity index (χ1n) is 6.20. The summed E-state index contributed by atoms with van der Waals surface area (Å²) in [6.45, 7) is 0. The fourth-order valence-electron chi connectivity index (χ4n) is 2.02. The van der Waals surface area contributed by atoms with E-state index in [-0.39, 0.29) is 0 Å². The van der Waals surface area contributed by atoms with Gasteiger partial charge in [-0.2, -0.15) is 0 Å². The number of rotatable bonds is 3. The van der Waals surface area contributed by atoms with Gasteiger partial charge in [-0.1, -0.05) is 24.4 Å². The van der Waals surface area contributed by atoms with Crippen LogP contribution in [0.5, 0.6) is 0 Å². The molecule has 0 spiro atoms. The van der Waals surface area contributed by atoms with Gasteiger partial charge in [-0.25, -0.2) is 4.98 Å². The number of aromatic nitrogens is 2. The van der Waals surface area contributed by atoms with Crippen LogP contribution in [-0.2, 0) is 0 Å². The average molecular weight is 359 g/mol. The van der Waals surface area contributed by atoms with Gasteiger partial charge in [0.05, 0.1) is 11.2 Å². The molecule has 2 aromatic heterocycles. The number of hydrogen-bond donors (Lipinski definition) is 2. The molecule has 0 fully saturated rings. The summed E-state index contributed by atoms with van der Waals surface area (Å²) >= 11 is 8.41. The Morgan fingerprint density at radius 2 is 2.05 bits per heavy atom. The zero-order chi connectivity index (χ0) is 14.8. The zero-order valence-corrected chi connectivity index (χ0v) is 13.3. The van der Waals surface area contributed by atoms with Crippen LogP contribution in [0.15, 0.2) is 53.3 Å². The molecule has 0 aliphatic carbocycles. The van der Waals surface area contributed by atoms with Crippen molar-refractivity contribution in [2.45, 2.75) is 0 Å². The van der Waals surface area contributed by atoms with Crippen molar-refractivity contribution in [2.75, 3.05) is 5.32 Å². The zero-order valence-electron chi connectivity index (χ0n) is 10.9. The molecule has 3 N–H and O–H groups in total. The predicted molar refractivity (Wildman–Crippen MR) is 92.9 cm³/mol. The van der Waals surface area contributed by atoms with Crippen molar-refractivity contribution in [3.8, 4) is 0 Å². The summed E-state index contributed by atoms with van der Waals surface area (Å²) in [7, 11) is 0. The highest BCUT2D eigenvalue weighted by Gasteiger charge is 2.05. The number of pyridine rings is 2. The predicted octanol–water partition coefficient (Wildman–Crippen LogP) is 3.77. The van der Waals surface area contributed by atoms with E-state index in [1.165, 1.54) is 0 Å². The number of halogens is 1. The molecule has 1 aromatic carbocycles. The number of fused-ring (bicyclic) bond motifs is 1. The van der Waals surface area contributed by atoms with Gasteiger partial charge in [0.15, 0.2) is 0 Å². The summed E-state index contributed by atoms with van der Waals surface area (Å²) in [5.41, 5.74) is 8.18. The fourth-order valence-corrected chi connectivity index (χ4v) is 2.50. The molecule has 4 nitrogen and oxygen atoms in total. The lowest BCUT2D eigenvalue weighted by atomic mass is 10.2. The molecule has 0 saturated heterocycles. The smallest absolute Gasteiger partial charge is 0.131 e. The minimum atomic E-state index is 0.348. The number of benzene rings is 1. The molecule has 21 heavy (non-hydrogen) atoms. The van der Waals surface area contributed by atoms with Crippen LogP contribution in [0.3, 0.4) is 0 Å². The normalized spacial score (nSPS) is 10.5. The lowest BCUT2D eigenvalue weighted by Gasteiger charge is -2.09. The Labute approximate surface area is 135 Å². The molecule has 0 bridgehead atoms. The summed E-state index contributed by atoms with van der Waals surface area (Å²) in [6, 6.07) is 11.6. The second kappa shape index (κ2) is 5.75. The number of nitrogens with two attached hydrogens (primary N) is 1. The summed E-state index contributed by atoms with van der Waals surface area (Å²) in [6.07, 6.45) is 3.44. The van der Waals surface area contributed by atoms with Gasteiger partial charge in [0, 0.05) is 27.8 Å². The van der Waals surface area contributed by atoms with Gasteiger partial charge in [0.1, 0.15) is 10.8 Å². The quantitative estimate of drug-likeness (QED) is 0.697. The van der Waals surface area contributed by atoms with E-state index >= 15 is 0 Å². The van der Waals surface area contributed by atoms with Crippen molar-refractivity contribution in [3.05, 3.63) is 58.8 Å². The van der Waals surface area contributed by atoms with E-state index in [1.54, 1.807) is 18.5 Å². The van der Waals surface area contributed by atoms with E-state index in [4.69, 9.17) is 18.0 Å². The summed E-state index contributed by atoms with van der Waals surface area (Å²) in [5, 5.41) is 4.30. The van der Waals surface area contributed by atoms with Crippen LogP contribution in [0.2, 0.25) is 0 Å². The van der Waals surface area contributed by atoms with Crippen LogP contribution in [0.1, 0.15) is 5.56 Å². The van der Waals surface area contributed by atoms with Crippen molar-refractivity contribution >= 4 is 55.5 Å². The van der Waals surface area contributed by atoms with E-state index < -0.39 is 0 Å². The van der Waals surface area contributed by atoms with Crippen molar-refractivity contribution in [2.24, 2.45) is 5.73 Å².